The largest absolute Gasteiger partial charge is 0.480 e. The van der Waals surface area contributed by atoms with Crippen LogP contribution in [-0.4, -0.2) is 22.8 Å². The predicted octanol–water partition coefficient (Wildman–Crippen LogP) is 0.909. The van der Waals surface area contributed by atoms with E-state index in [0.717, 1.165) is 10.8 Å². The van der Waals surface area contributed by atoms with Crippen LogP contribution in [0.25, 0.3) is 0 Å². The van der Waals surface area contributed by atoms with Crippen molar-refractivity contribution >= 4 is 5.97 Å². The SMILES string of the molecule is COC(=O)C(c1ccccc1)n1cc(O)oc1=O. The van der Waals surface area contributed by atoms with Crippen LogP contribution in [0.1, 0.15) is 11.6 Å². The Balaban J connectivity index is 2.54. The number of hydrogen-bond donors (Lipinski definition) is 1. The molecule has 1 unspecified atom stereocenters. The van der Waals surface area contributed by atoms with Gasteiger partial charge in [-0.1, -0.05) is 30.3 Å². The van der Waals surface area contributed by atoms with Gasteiger partial charge in [-0.15, -0.1) is 0 Å². The molecule has 0 saturated heterocycles. The molecule has 1 N–H and O–H groups in total. The van der Waals surface area contributed by atoms with E-state index in [2.05, 4.69) is 9.15 Å². The normalized spacial score (nSPS) is 12.1. The quantitative estimate of drug-likeness (QED) is 0.817. The number of benzene rings is 1. The minimum atomic E-state index is -0.978. The molecule has 0 saturated carbocycles. The number of hydrogen-bond acceptors (Lipinski definition) is 5. The maximum atomic E-state index is 11.8. The molecule has 2 aromatic rings. The molecule has 0 aliphatic carbocycles. The van der Waals surface area contributed by atoms with Crippen LogP contribution < -0.4 is 5.76 Å². The van der Waals surface area contributed by atoms with Crippen molar-refractivity contribution in [3.05, 3.63) is 52.6 Å². The maximum absolute atomic E-state index is 11.8. The number of methoxy groups -OCH3 is 1. The fourth-order valence-electron chi connectivity index (χ4n) is 1.68. The number of ether oxygens (including phenoxy) is 1. The van der Waals surface area contributed by atoms with Gasteiger partial charge in [0, 0.05) is 0 Å². The first kappa shape index (κ1) is 12.0. The van der Waals surface area contributed by atoms with E-state index in [0.29, 0.717) is 5.56 Å². The number of aromatic hydroxyl groups is 1. The number of rotatable bonds is 3. The molecule has 6 heteroatoms. The van der Waals surface area contributed by atoms with Crippen molar-refractivity contribution in [2.45, 2.75) is 6.04 Å². The molecule has 18 heavy (non-hydrogen) atoms. The van der Waals surface area contributed by atoms with Gasteiger partial charge in [0.05, 0.1) is 13.3 Å². The van der Waals surface area contributed by atoms with Crippen molar-refractivity contribution in [2.24, 2.45) is 0 Å². The molecule has 1 heterocycles. The molecule has 0 aliphatic heterocycles. The van der Waals surface area contributed by atoms with Crippen molar-refractivity contribution in [1.82, 2.24) is 4.57 Å². The highest BCUT2D eigenvalue weighted by Gasteiger charge is 2.26. The van der Waals surface area contributed by atoms with Crippen molar-refractivity contribution in [3.63, 3.8) is 0 Å². The molecule has 6 nitrogen and oxygen atoms in total. The monoisotopic (exact) mass is 249 g/mol. The van der Waals surface area contributed by atoms with E-state index >= 15 is 0 Å². The van der Waals surface area contributed by atoms with Gasteiger partial charge in [-0.2, -0.15) is 0 Å². The zero-order valence-corrected chi connectivity index (χ0v) is 9.57. The Hall–Kier alpha value is -2.50. The number of esters is 1. The summed E-state index contributed by atoms with van der Waals surface area (Å²) in [6.45, 7) is 0. The number of carbonyl (C=O) groups is 1. The molecule has 1 atom stereocenters. The van der Waals surface area contributed by atoms with Gasteiger partial charge < -0.3 is 14.3 Å². The van der Waals surface area contributed by atoms with E-state index in [4.69, 9.17) is 5.11 Å². The zero-order chi connectivity index (χ0) is 13.1. The molecule has 1 aromatic heterocycles. The predicted molar refractivity (Wildman–Crippen MR) is 61.2 cm³/mol. The Morgan fingerprint density at radius 2 is 2.06 bits per heavy atom. The Labute approximate surface area is 102 Å². The summed E-state index contributed by atoms with van der Waals surface area (Å²) in [6, 6.07) is 7.63. The molecule has 2 rings (SSSR count). The molecule has 0 aliphatic rings. The third kappa shape index (κ3) is 2.13. The second kappa shape index (κ2) is 4.79. The summed E-state index contributed by atoms with van der Waals surface area (Å²) in [4.78, 5) is 23.3. The Morgan fingerprint density at radius 3 is 2.56 bits per heavy atom. The lowest BCUT2D eigenvalue weighted by atomic mass is 10.1. The van der Waals surface area contributed by atoms with Gasteiger partial charge in [0.2, 0.25) is 0 Å². The minimum absolute atomic E-state index is 0.551. The summed E-state index contributed by atoms with van der Waals surface area (Å²) in [5.74, 6) is -2.00. The topological polar surface area (TPSA) is 81.7 Å². The average Bonchev–Trinajstić information content (AvgIpc) is 2.70. The van der Waals surface area contributed by atoms with Crippen LogP contribution in [0.2, 0.25) is 0 Å². The summed E-state index contributed by atoms with van der Waals surface area (Å²) in [5.41, 5.74) is 0.562. The van der Waals surface area contributed by atoms with Crippen molar-refractivity contribution < 1.29 is 19.1 Å². The fraction of sp³-hybridized carbons (Fsp3) is 0.167. The molecular weight excluding hydrogens is 238 g/mol. The van der Waals surface area contributed by atoms with Crippen LogP contribution in [0.15, 0.2) is 45.7 Å². The zero-order valence-electron chi connectivity index (χ0n) is 9.57. The van der Waals surface area contributed by atoms with Gasteiger partial charge >= 0.3 is 17.7 Å². The van der Waals surface area contributed by atoms with Gasteiger partial charge in [-0.3, -0.25) is 4.57 Å². The van der Waals surface area contributed by atoms with Gasteiger partial charge in [0.25, 0.3) is 0 Å². The van der Waals surface area contributed by atoms with Crippen molar-refractivity contribution in [1.29, 1.82) is 0 Å². The summed E-state index contributed by atoms with van der Waals surface area (Å²) >= 11 is 0. The highest BCUT2D eigenvalue weighted by molar-refractivity contribution is 5.78. The summed E-state index contributed by atoms with van der Waals surface area (Å²) < 4.78 is 10.1. The Kier molecular flexibility index (Phi) is 3.18. The van der Waals surface area contributed by atoms with E-state index in [-0.39, 0.29) is 0 Å². The molecule has 0 fully saturated rings. The van der Waals surface area contributed by atoms with Crippen LogP contribution in [0.5, 0.6) is 5.95 Å². The van der Waals surface area contributed by atoms with Crippen LogP contribution in [0.4, 0.5) is 0 Å². The van der Waals surface area contributed by atoms with Gasteiger partial charge in [0.1, 0.15) is 0 Å². The van der Waals surface area contributed by atoms with E-state index in [1.165, 1.54) is 7.11 Å². The fourth-order valence-corrected chi connectivity index (χ4v) is 1.68. The van der Waals surface area contributed by atoms with Gasteiger partial charge in [-0.25, -0.2) is 9.59 Å². The van der Waals surface area contributed by atoms with Gasteiger partial charge in [0.15, 0.2) is 6.04 Å². The highest BCUT2D eigenvalue weighted by atomic mass is 16.5. The molecule has 0 amide bonds. The third-order valence-corrected chi connectivity index (χ3v) is 2.47. The standard InChI is InChI=1S/C12H11NO5/c1-17-11(15)10(8-5-3-2-4-6-8)13-7-9(14)18-12(13)16/h2-7,10,14H,1H3. The van der Waals surface area contributed by atoms with Crippen molar-refractivity contribution in [2.75, 3.05) is 7.11 Å². The molecule has 0 bridgehead atoms. The number of carbonyl (C=O) groups excluding carboxylic acids is 1. The first-order valence-electron chi connectivity index (χ1n) is 5.17. The van der Waals surface area contributed by atoms with E-state index in [1.54, 1.807) is 30.3 Å². The summed E-state index contributed by atoms with van der Waals surface area (Å²) in [5, 5.41) is 9.14. The summed E-state index contributed by atoms with van der Waals surface area (Å²) in [7, 11) is 1.23. The van der Waals surface area contributed by atoms with E-state index in [1.807, 2.05) is 0 Å². The van der Waals surface area contributed by atoms with Gasteiger partial charge in [-0.05, 0) is 5.56 Å². The first-order chi connectivity index (χ1) is 8.63. The molecule has 0 radical (unpaired) electrons. The van der Waals surface area contributed by atoms with E-state index in [9.17, 15) is 9.59 Å². The highest BCUT2D eigenvalue weighted by Crippen LogP contribution is 2.20. The third-order valence-electron chi connectivity index (χ3n) is 2.47. The second-order valence-corrected chi connectivity index (χ2v) is 3.58. The molecular formula is C12H11NO5. The molecule has 1 aromatic carbocycles. The molecule has 94 valence electrons. The van der Waals surface area contributed by atoms with Crippen LogP contribution in [-0.2, 0) is 9.53 Å². The first-order valence-corrected chi connectivity index (χ1v) is 5.17. The van der Waals surface area contributed by atoms with Crippen LogP contribution in [0.3, 0.4) is 0 Å². The van der Waals surface area contributed by atoms with Crippen LogP contribution >= 0.6 is 0 Å². The Bertz CT molecular complexity index is 598. The lowest BCUT2D eigenvalue weighted by Gasteiger charge is -2.14. The summed E-state index contributed by atoms with van der Waals surface area (Å²) in [6.07, 6.45) is 1.05. The molecule has 0 spiro atoms. The average molecular weight is 249 g/mol. The lowest BCUT2D eigenvalue weighted by molar-refractivity contribution is -0.143. The smallest absolute Gasteiger partial charge is 0.423 e. The lowest BCUT2D eigenvalue weighted by Crippen LogP contribution is -2.28. The van der Waals surface area contributed by atoms with E-state index < -0.39 is 23.7 Å². The minimum Gasteiger partial charge on any atom is -0.480 e. The number of aromatic nitrogens is 1. The number of nitrogens with zero attached hydrogens (tertiary/aromatic N) is 1. The Morgan fingerprint density at radius 1 is 1.39 bits per heavy atom. The maximum Gasteiger partial charge on any atom is 0.423 e. The van der Waals surface area contributed by atoms with Crippen molar-refractivity contribution in [3.8, 4) is 5.95 Å². The number of oxazole rings is 1. The second-order valence-electron chi connectivity index (χ2n) is 3.58. The van der Waals surface area contributed by atoms with Crippen LogP contribution in [0, 0.1) is 0 Å².